The van der Waals surface area contributed by atoms with E-state index in [0.717, 1.165) is 18.4 Å². The zero-order chi connectivity index (χ0) is 16.2. The summed E-state index contributed by atoms with van der Waals surface area (Å²) in [5.74, 6) is -0.233. The molecule has 2 atom stereocenters. The molecule has 0 saturated heterocycles. The first-order chi connectivity index (χ1) is 10.5. The Morgan fingerprint density at radius 2 is 1.64 bits per heavy atom. The van der Waals surface area contributed by atoms with Gasteiger partial charge in [0.05, 0.1) is 11.6 Å². The van der Waals surface area contributed by atoms with Crippen molar-refractivity contribution in [3.63, 3.8) is 0 Å². The topological polar surface area (TPSA) is 29.3 Å². The number of rotatable bonds is 6. The first kappa shape index (κ1) is 16.7. The molecular weight excluding hydrogens is 275 g/mol. The van der Waals surface area contributed by atoms with Gasteiger partial charge in [-0.05, 0) is 43.8 Å². The van der Waals surface area contributed by atoms with Crippen molar-refractivity contribution in [1.82, 2.24) is 4.90 Å². The molecule has 22 heavy (non-hydrogen) atoms. The standard InChI is InChI=1S/C19H25FN2/c1-4-14-19(21,16-10-12-17(20)13-11-16)18(22(2)3)15-8-6-5-7-9-15/h5-13,18H,4,14,21H2,1-3H3. The Morgan fingerprint density at radius 1 is 1.05 bits per heavy atom. The van der Waals surface area contributed by atoms with Crippen molar-refractivity contribution in [3.8, 4) is 0 Å². The molecule has 0 aliphatic rings. The van der Waals surface area contributed by atoms with Crippen LogP contribution in [-0.2, 0) is 5.54 Å². The molecule has 0 bridgehead atoms. The summed E-state index contributed by atoms with van der Waals surface area (Å²) in [6.45, 7) is 2.13. The van der Waals surface area contributed by atoms with Gasteiger partial charge in [0.15, 0.2) is 0 Å². The SMILES string of the molecule is CCCC(N)(c1ccc(F)cc1)C(c1ccccc1)N(C)C. The molecule has 0 fully saturated rings. The van der Waals surface area contributed by atoms with Crippen molar-refractivity contribution in [2.45, 2.75) is 31.3 Å². The maximum atomic E-state index is 13.3. The summed E-state index contributed by atoms with van der Waals surface area (Å²) in [5, 5.41) is 0. The number of halogens is 1. The molecule has 0 saturated carbocycles. The first-order valence-corrected chi connectivity index (χ1v) is 7.75. The summed E-state index contributed by atoms with van der Waals surface area (Å²) in [7, 11) is 4.08. The van der Waals surface area contributed by atoms with Crippen molar-refractivity contribution < 1.29 is 4.39 Å². The van der Waals surface area contributed by atoms with Crippen LogP contribution >= 0.6 is 0 Å². The minimum absolute atomic E-state index is 0.0270. The molecule has 3 heteroatoms. The summed E-state index contributed by atoms with van der Waals surface area (Å²) in [5.41, 5.74) is 8.48. The minimum atomic E-state index is -0.562. The average Bonchev–Trinajstić information content (AvgIpc) is 2.49. The predicted molar refractivity (Wildman–Crippen MR) is 90.0 cm³/mol. The van der Waals surface area contributed by atoms with Crippen LogP contribution in [0.5, 0.6) is 0 Å². The molecule has 0 amide bonds. The van der Waals surface area contributed by atoms with E-state index in [9.17, 15) is 4.39 Å². The zero-order valence-corrected chi connectivity index (χ0v) is 13.6. The Kier molecular flexibility index (Phi) is 5.33. The molecule has 0 radical (unpaired) electrons. The third kappa shape index (κ3) is 3.37. The molecule has 118 valence electrons. The van der Waals surface area contributed by atoms with Crippen molar-refractivity contribution in [1.29, 1.82) is 0 Å². The minimum Gasteiger partial charge on any atom is -0.320 e. The second-order valence-electron chi connectivity index (χ2n) is 6.07. The van der Waals surface area contributed by atoms with Gasteiger partial charge in [-0.25, -0.2) is 4.39 Å². The molecule has 2 N–H and O–H groups in total. The molecule has 2 unspecified atom stereocenters. The van der Waals surface area contributed by atoms with Crippen LogP contribution in [0.15, 0.2) is 54.6 Å². The quantitative estimate of drug-likeness (QED) is 0.871. The van der Waals surface area contributed by atoms with Crippen molar-refractivity contribution in [3.05, 3.63) is 71.5 Å². The lowest BCUT2D eigenvalue weighted by molar-refractivity contribution is 0.166. The third-order valence-electron chi connectivity index (χ3n) is 4.16. The molecule has 2 aromatic rings. The normalized spacial score (nSPS) is 15.5. The average molecular weight is 300 g/mol. The number of hydrogen-bond acceptors (Lipinski definition) is 2. The largest absolute Gasteiger partial charge is 0.320 e. The number of likely N-dealkylation sites (N-methyl/N-ethyl adjacent to an activating group) is 1. The summed E-state index contributed by atoms with van der Waals surface area (Å²) in [6, 6.07) is 16.9. The Labute approximate surface area is 132 Å². The Bertz CT molecular complexity index is 580. The highest BCUT2D eigenvalue weighted by Crippen LogP contribution is 2.39. The van der Waals surface area contributed by atoms with Crippen molar-refractivity contribution >= 4 is 0 Å². The number of nitrogens with two attached hydrogens (primary N) is 1. The van der Waals surface area contributed by atoms with E-state index in [0.29, 0.717) is 0 Å². The smallest absolute Gasteiger partial charge is 0.123 e. The molecule has 0 aromatic heterocycles. The highest BCUT2D eigenvalue weighted by atomic mass is 19.1. The van der Waals surface area contributed by atoms with E-state index in [1.54, 1.807) is 0 Å². The first-order valence-electron chi connectivity index (χ1n) is 7.75. The van der Waals surface area contributed by atoms with Gasteiger partial charge in [-0.2, -0.15) is 0 Å². The Morgan fingerprint density at radius 3 is 2.14 bits per heavy atom. The van der Waals surface area contributed by atoms with E-state index in [4.69, 9.17) is 5.73 Å². The number of nitrogens with zero attached hydrogens (tertiary/aromatic N) is 1. The van der Waals surface area contributed by atoms with Crippen LogP contribution in [0.1, 0.15) is 36.9 Å². The Balaban J connectivity index is 2.53. The fourth-order valence-corrected chi connectivity index (χ4v) is 3.30. The van der Waals surface area contributed by atoms with Crippen molar-refractivity contribution in [2.75, 3.05) is 14.1 Å². The predicted octanol–water partition coefficient (Wildman–Crippen LogP) is 4.08. The molecule has 0 aliphatic heterocycles. The molecule has 0 spiro atoms. The van der Waals surface area contributed by atoms with Crippen LogP contribution in [0.4, 0.5) is 4.39 Å². The van der Waals surface area contributed by atoms with Crippen LogP contribution in [0.3, 0.4) is 0 Å². The van der Waals surface area contributed by atoms with E-state index >= 15 is 0 Å². The van der Waals surface area contributed by atoms with Crippen LogP contribution in [0.2, 0.25) is 0 Å². The molecular formula is C19H25FN2. The molecule has 2 nitrogen and oxygen atoms in total. The van der Waals surface area contributed by atoms with Crippen LogP contribution in [0.25, 0.3) is 0 Å². The summed E-state index contributed by atoms with van der Waals surface area (Å²) in [6.07, 6.45) is 1.79. The van der Waals surface area contributed by atoms with Gasteiger partial charge in [-0.3, -0.25) is 0 Å². The highest BCUT2D eigenvalue weighted by molar-refractivity contribution is 5.32. The zero-order valence-electron chi connectivity index (χ0n) is 13.6. The van der Waals surface area contributed by atoms with Gasteiger partial charge in [0, 0.05) is 0 Å². The van der Waals surface area contributed by atoms with Crippen LogP contribution in [0, 0.1) is 5.82 Å². The molecule has 2 rings (SSSR count). The van der Waals surface area contributed by atoms with E-state index in [1.807, 2.05) is 44.4 Å². The second kappa shape index (κ2) is 7.03. The van der Waals surface area contributed by atoms with E-state index in [1.165, 1.54) is 17.7 Å². The summed E-state index contributed by atoms with van der Waals surface area (Å²) >= 11 is 0. The molecule has 2 aromatic carbocycles. The lowest BCUT2D eigenvalue weighted by Crippen LogP contribution is -2.48. The summed E-state index contributed by atoms with van der Waals surface area (Å²) in [4.78, 5) is 2.15. The van der Waals surface area contributed by atoms with E-state index in [2.05, 4.69) is 24.0 Å². The van der Waals surface area contributed by atoms with Gasteiger partial charge in [0.2, 0.25) is 0 Å². The van der Waals surface area contributed by atoms with Crippen LogP contribution < -0.4 is 5.73 Å². The van der Waals surface area contributed by atoms with Gasteiger partial charge in [-0.1, -0.05) is 55.8 Å². The maximum Gasteiger partial charge on any atom is 0.123 e. The lowest BCUT2D eigenvalue weighted by Gasteiger charge is -2.42. The van der Waals surface area contributed by atoms with E-state index in [-0.39, 0.29) is 11.9 Å². The highest BCUT2D eigenvalue weighted by Gasteiger charge is 2.38. The van der Waals surface area contributed by atoms with Gasteiger partial charge in [0.25, 0.3) is 0 Å². The van der Waals surface area contributed by atoms with Crippen LogP contribution in [-0.4, -0.2) is 19.0 Å². The molecule has 0 heterocycles. The van der Waals surface area contributed by atoms with E-state index < -0.39 is 5.54 Å². The summed E-state index contributed by atoms with van der Waals surface area (Å²) < 4.78 is 13.3. The fraction of sp³-hybridized carbons (Fsp3) is 0.368. The second-order valence-corrected chi connectivity index (χ2v) is 6.07. The third-order valence-corrected chi connectivity index (χ3v) is 4.16. The monoisotopic (exact) mass is 300 g/mol. The Hall–Kier alpha value is -1.71. The van der Waals surface area contributed by atoms with Crippen molar-refractivity contribution in [2.24, 2.45) is 5.73 Å². The van der Waals surface area contributed by atoms with Gasteiger partial charge in [0.1, 0.15) is 5.82 Å². The lowest BCUT2D eigenvalue weighted by atomic mass is 9.76. The fourth-order valence-electron chi connectivity index (χ4n) is 3.30. The van der Waals surface area contributed by atoms with Gasteiger partial charge < -0.3 is 10.6 Å². The maximum absolute atomic E-state index is 13.3. The number of hydrogen-bond donors (Lipinski definition) is 1. The molecule has 0 aliphatic carbocycles. The van der Waals surface area contributed by atoms with Gasteiger partial charge >= 0.3 is 0 Å². The number of benzene rings is 2. The van der Waals surface area contributed by atoms with Gasteiger partial charge in [-0.15, -0.1) is 0 Å².